The molecule has 1 atom stereocenters. The smallest absolute Gasteiger partial charge is 0.263 e. The fourth-order valence-corrected chi connectivity index (χ4v) is 2.52. The molecule has 0 saturated heterocycles. The average Bonchev–Trinajstić information content (AvgIpc) is 3.15. The van der Waals surface area contributed by atoms with Gasteiger partial charge in [0.2, 0.25) is 6.79 Å². The van der Waals surface area contributed by atoms with Gasteiger partial charge in [-0.25, -0.2) is 0 Å². The van der Waals surface area contributed by atoms with Crippen molar-refractivity contribution in [2.24, 2.45) is 0 Å². The molecule has 0 spiro atoms. The molecule has 1 heterocycles. The maximum atomic E-state index is 12.2. The van der Waals surface area contributed by atoms with Crippen molar-refractivity contribution in [3.05, 3.63) is 71.4 Å². The summed E-state index contributed by atoms with van der Waals surface area (Å²) >= 11 is 0. The maximum absolute atomic E-state index is 12.2. The zero-order valence-electron chi connectivity index (χ0n) is 14.4. The first-order valence-corrected chi connectivity index (χ1v) is 8.25. The lowest BCUT2D eigenvalue weighted by molar-refractivity contribution is -0.117. The number of ether oxygens (including phenoxy) is 2. The summed E-state index contributed by atoms with van der Waals surface area (Å²) in [6.07, 6.45) is 1.45. The molecule has 1 aliphatic heterocycles. The van der Waals surface area contributed by atoms with Gasteiger partial charge in [0.1, 0.15) is 11.6 Å². The van der Waals surface area contributed by atoms with Crippen molar-refractivity contribution in [2.45, 2.75) is 19.5 Å². The minimum absolute atomic E-state index is 0.0128. The van der Waals surface area contributed by atoms with Crippen molar-refractivity contribution in [3.8, 4) is 17.6 Å². The van der Waals surface area contributed by atoms with Crippen LogP contribution < -0.4 is 20.1 Å². The molecule has 0 radical (unpaired) electrons. The summed E-state index contributed by atoms with van der Waals surface area (Å²) in [5.74, 6) is 0.917. The molecule has 1 amide bonds. The van der Waals surface area contributed by atoms with Crippen molar-refractivity contribution < 1.29 is 14.3 Å². The number of hydrogen-bond acceptors (Lipinski definition) is 5. The number of rotatable bonds is 6. The second-order valence-electron chi connectivity index (χ2n) is 5.84. The van der Waals surface area contributed by atoms with Gasteiger partial charge in [-0.05, 0) is 30.2 Å². The molecule has 132 valence electrons. The van der Waals surface area contributed by atoms with Crippen LogP contribution in [0.15, 0.2) is 60.3 Å². The van der Waals surface area contributed by atoms with E-state index in [1.165, 1.54) is 6.20 Å². The van der Waals surface area contributed by atoms with Gasteiger partial charge >= 0.3 is 0 Å². The maximum Gasteiger partial charge on any atom is 0.263 e. The van der Waals surface area contributed by atoms with Crippen LogP contribution in [0.4, 0.5) is 0 Å². The first kappa shape index (κ1) is 17.4. The lowest BCUT2D eigenvalue weighted by Gasteiger charge is -2.12. The fourth-order valence-electron chi connectivity index (χ4n) is 2.52. The Balaban J connectivity index is 1.57. The van der Waals surface area contributed by atoms with Crippen LogP contribution in [0, 0.1) is 11.3 Å². The van der Waals surface area contributed by atoms with E-state index in [9.17, 15) is 10.1 Å². The average molecular weight is 349 g/mol. The van der Waals surface area contributed by atoms with Gasteiger partial charge in [-0.3, -0.25) is 4.79 Å². The van der Waals surface area contributed by atoms with Crippen LogP contribution in [0.25, 0.3) is 0 Å². The summed E-state index contributed by atoms with van der Waals surface area (Å²) in [5, 5.41) is 15.1. The van der Waals surface area contributed by atoms with E-state index in [0.29, 0.717) is 18.0 Å². The Labute approximate surface area is 152 Å². The topological polar surface area (TPSA) is 83.4 Å². The molecular formula is C20H19N3O3. The van der Waals surface area contributed by atoms with Gasteiger partial charge < -0.3 is 20.1 Å². The van der Waals surface area contributed by atoms with Crippen LogP contribution >= 0.6 is 0 Å². The predicted octanol–water partition coefficient (Wildman–Crippen LogP) is 2.79. The highest BCUT2D eigenvalue weighted by Gasteiger charge is 2.14. The molecule has 0 bridgehead atoms. The molecular weight excluding hydrogens is 330 g/mol. The first-order chi connectivity index (χ1) is 12.7. The van der Waals surface area contributed by atoms with Crippen molar-refractivity contribution in [1.29, 1.82) is 5.26 Å². The fraction of sp³-hybridized carbons (Fsp3) is 0.200. The summed E-state index contributed by atoms with van der Waals surface area (Å²) in [5.41, 5.74) is 1.96. The molecule has 26 heavy (non-hydrogen) atoms. The number of nitrogens with one attached hydrogen (secondary N) is 2. The molecule has 2 aromatic rings. The van der Waals surface area contributed by atoms with E-state index in [2.05, 4.69) is 10.6 Å². The highest BCUT2D eigenvalue weighted by molar-refractivity contribution is 5.97. The zero-order valence-corrected chi connectivity index (χ0v) is 14.4. The standard InChI is InChI=1S/C20H19N3O3/c1-14(16-5-3-2-4-6-16)22-12-17(10-21)20(24)23-11-15-7-8-18-19(9-15)26-13-25-18/h2-9,12,14,22H,11,13H2,1H3,(H,23,24)/b17-12-. The van der Waals surface area contributed by atoms with Gasteiger partial charge in [-0.15, -0.1) is 0 Å². The predicted molar refractivity (Wildman–Crippen MR) is 96.1 cm³/mol. The van der Waals surface area contributed by atoms with E-state index in [4.69, 9.17) is 9.47 Å². The third-order valence-electron chi connectivity index (χ3n) is 4.03. The van der Waals surface area contributed by atoms with Crippen LogP contribution in [0.3, 0.4) is 0 Å². The summed E-state index contributed by atoms with van der Waals surface area (Å²) < 4.78 is 10.6. The van der Waals surface area contributed by atoms with Gasteiger partial charge in [0, 0.05) is 18.8 Å². The van der Waals surface area contributed by atoms with Crippen LogP contribution in [0.5, 0.6) is 11.5 Å². The van der Waals surface area contributed by atoms with E-state index in [1.807, 2.05) is 55.5 Å². The molecule has 2 aromatic carbocycles. The Hall–Kier alpha value is -3.46. The summed E-state index contributed by atoms with van der Waals surface area (Å²) in [6, 6.07) is 17.2. The summed E-state index contributed by atoms with van der Waals surface area (Å²) in [4.78, 5) is 12.2. The molecule has 0 saturated carbocycles. The van der Waals surface area contributed by atoms with Crippen LogP contribution in [-0.4, -0.2) is 12.7 Å². The lowest BCUT2D eigenvalue weighted by atomic mass is 10.1. The largest absolute Gasteiger partial charge is 0.454 e. The van der Waals surface area contributed by atoms with Gasteiger partial charge in [-0.2, -0.15) is 5.26 Å². The molecule has 3 rings (SSSR count). The van der Waals surface area contributed by atoms with Crippen molar-refractivity contribution in [3.63, 3.8) is 0 Å². The SMILES string of the molecule is CC(N/C=C(/C#N)C(=O)NCc1ccc2c(c1)OCO2)c1ccccc1. The minimum Gasteiger partial charge on any atom is -0.454 e. The van der Waals surface area contributed by atoms with Gasteiger partial charge in [0.25, 0.3) is 5.91 Å². The number of amides is 1. The third-order valence-corrected chi connectivity index (χ3v) is 4.03. The van der Waals surface area contributed by atoms with E-state index < -0.39 is 5.91 Å². The number of benzene rings is 2. The van der Waals surface area contributed by atoms with Crippen LogP contribution in [-0.2, 0) is 11.3 Å². The summed E-state index contributed by atoms with van der Waals surface area (Å²) in [6.45, 7) is 2.46. The molecule has 0 fully saturated rings. The van der Waals surface area contributed by atoms with E-state index >= 15 is 0 Å². The number of carbonyl (C=O) groups is 1. The quantitative estimate of drug-likeness (QED) is 0.619. The molecule has 0 aromatic heterocycles. The summed E-state index contributed by atoms with van der Waals surface area (Å²) in [7, 11) is 0. The Kier molecular flexibility index (Phi) is 5.40. The number of carbonyl (C=O) groups excluding carboxylic acids is 1. The highest BCUT2D eigenvalue weighted by Crippen LogP contribution is 2.32. The normalized spacial score (nSPS) is 13.6. The number of nitrogens with zero attached hydrogens (tertiary/aromatic N) is 1. The Bertz CT molecular complexity index is 856. The van der Waals surface area contributed by atoms with E-state index in [1.54, 1.807) is 6.07 Å². The van der Waals surface area contributed by atoms with Crippen LogP contribution in [0.2, 0.25) is 0 Å². The second-order valence-corrected chi connectivity index (χ2v) is 5.84. The third kappa shape index (κ3) is 4.14. The first-order valence-electron chi connectivity index (χ1n) is 8.25. The minimum atomic E-state index is -0.432. The molecule has 0 aliphatic carbocycles. The molecule has 2 N–H and O–H groups in total. The second kappa shape index (κ2) is 8.08. The number of fused-ring (bicyclic) bond motifs is 1. The Morgan fingerprint density at radius 3 is 2.77 bits per heavy atom. The monoisotopic (exact) mass is 349 g/mol. The Morgan fingerprint density at radius 1 is 1.23 bits per heavy atom. The van der Waals surface area contributed by atoms with Gasteiger partial charge in [0.05, 0.1) is 0 Å². The number of hydrogen-bond donors (Lipinski definition) is 2. The van der Waals surface area contributed by atoms with E-state index in [0.717, 1.165) is 11.1 Å². The van der Waals surface area contributed by atoms with Crippen molar-refractivity contribution >= 4 is 5.91 Å². The van der Waals surface area contributed by atoms with Crippen molar-refractivity contribution in [1.82, 2.24) is 10.6 Å². The molecule has 6 heteroatoms. The van der Waals surface area contributed by atoms with E-state index in [-0.39, 0.29) is 18.4 Å². The van der Waals surface area contributed by atoms with Gasteiger partial charge in [-0.1, -0.05) is 36.4 Å². The lowest BCUT2D eigenvalue weighted by Crippen LogP contribution is -2.25. The molecule has 6 nitrogen and oxygen atoms in total. The van der Waals surface area contributed by atoms with Gasteiger partial charge in [0.15, 0.2) is 11.5 Å². The van der Waals surface area contributed by atoms with Crippen LogP contribution in [0.1, 0.15) is 24.1 Å². The molecule has 1 aliphatic rings. The van der Waals surface area contributed by atoms with Crippen molar-refractivity contribution in [2.75, 3.05) is 6.79 Å². The Morgan fingerprint density at radius 2 is 2.00 bits per heavy atom. The zero-order chi connectivity index (χ0) is 18.4. The molecule has 1 unspecified atom stereocenters. The highest BCUT2D eigenvalue weighted by atomic mass is 16.7. The number of nitriles is 1.